The molecule has 5 nitrogen and oxygen atoms in total. The fraction of sp³-hybridized carbons (Fsp3) is 0.429. The maximum Gasteiger partial charge on any atom is 0.334 e. The summed E-state index contributed by atoms with van der Waals surface area (Å²) in [5.74, 6) is -1.58. The number of carbonyl (C=O) groups excluding carboxylic acids is 1. The number of morpholine rings is 1. The van der Waals surface area contributed by atoms with Crippen LogP contribution in [0.1, 0.15) is 12.0 Å². The summed E-state index contributed by atoms with van der Waals surface area (Å²) in [5.41, 5.74) is 0.490. The molecule has 0 bridgehead atoms. The molecule has 1 heterocycles. The zero-order valence-electron chi connectivity index (χ0n) is 10.9. The van der Waals surface area contributed by atoms with E-state index in [1.165, 1.54) is 11.0 Å². The molecule has 0 saturated carbocycles. The third-order valence-corrected chi connectivity index (χ3v) is 3.26. The quantitative estimate of drug-likeness (QED) is 0.896. The molecule has 2 rings (SSSR count). The summed E-state index contributed by atoms with van der Waals surface area (Å²) in [5, 5.41) is 8.87. The highest BCUT2D eigenvalue weighted by Crippen LogP contribution is 2.12. The van der Waals surface area contributed by atoms with Crippen molar-refractivity contribution in [3.8, 4) is 0 Å². The van der Waals surface area contributed by atoms with Crippen molar-refractivity contribution in [2.24, 2.45) is 0 Å². The Kier molecular flexibility index (Phi) is 4.68. The SMILES string of the molecule is O=C(O)[C@H]1CN(C(=O)CCc2ccccc2F)CCO1. The lowest BCUT2D eigenvalue weighted by Gasteiger charge is -2.31. The number of carbonyl (C=O) groups is 2. The number of ether oxygens (including phenoxy) is 1. The molecule has 6 heteroatoms. The van der Waals surface area contributed by atoms with Crippen molar-refractivity contribution >= 4 is 11.9 Å². The summed E-state index contributed by atoms with van der Waals surface area (Å²) in [6, 6.07) is 6.31. The molecular weight excluding hydrogens is 265 g/mol. The summed E-state index contributed by atoms with van der Waals surface area (Å²) in [6.45, 7) is 0.633. The molecule has 0 aliphatic carbocycles. The largest absolute Gasteiger partial charge is 0.479 e. The molecule has 1 atom stereocenters. The summed E-state index contributed by atoms with van der Waals surface area (Å²) < 4.78 is 18.5. The molecule has 1 saturated heterocycles. The number of halogens is 1. The Morgan fingerprint density at radius 3 is 2.85 bits per heavy atom. The van der Waals surface area contributed by atoms with Crippen LogP contribution in [0.15, 0.2) is 24.3 Å². The second-order valence-corrected chi connectivity index (χ2v) is 4.63. The van der Waals surface area contributed by atoms with Gasteiger partial charge in [0.1, 0.15) is 5.82 Å². The van der Waals surface area contributed by atoms with Gasteiger partial charge in [-0.15, -0.1) is 0 Å². The van der Waals surface area contributed by atoms with E-state index < -0.39 is 12.1 Å². The van der Waals surface area contributed by atoms with Gasteiger partial charge in [-0.1, -0.05) is 18.2 Å². The second-order valence-electron chi connectivity index (χ2n) is 4.63. The third-order valence-electron chi connectivity index (χ3n) is 3.26. The molecule has 0 radical (unpaired) electrons. The Bertz CT molecular complexity index is 506. The first-order valence-corrected chi connectivity index (χ1v) is 6.43. The second kappa shape index (κ2) is 6.47. The highest BCUT2D eigenvalue weighted by atomic mass is 19.1. The molecule has 1 aliphatic rings. The minimum Gasteiger partial charge on any atom is -0.479 e. The van der Waals surface area contributed by atoms with Gasteiger partial charge in [-0.25, -0.2) is 9.18 Å². The van der Waals surface area contributed by atoms with Gasteiger partial charge < -0.3 is 14.7 Å². The number of carboxylic acids is 1. The molecule has 0 spiro atoms. The Balaban J connectivity index is 1.89. The zero-order chi connectivity index (χ0) is 14.5. The molecule has 1 amide bonds. The van der Waals surface area contributed by atoms with Gasteiger partial charge in [-0.05, 0) is 18.1 Å². The Morgan fingerprint density at radius 1 is 1.40 bits per heavy atom. The lowest BCUT2D eigenvalue weighted by atomic mass is 10.1. The predicted octanol–water partition coefficient (Wildman–Crippen LogP) is 1.07. The van der Waals surface area contributed by atoms with E-state index in [9.17, 15) is 14.0 Å². The Hall–Kier alpha value is -1.95. The van der Waals surface area contributed by atoms with Gasteiger partial charge in [0, 0.05) is 13.0 Å². The molecule has 1 fully saturated rings. The number of benzene rings is 1. The first-order chi connectivity index (χ1) is 9.58. The van der Waals surface area contributed by atoms with Crippen LogP contribution < -0.4 is 0 Å². The van der Waals surface area contributed by atoms with E-state index in [1.54, 1.807) is 18.2 Å². The molecule has 108 valence electrons. The van der Waals surface area contributed by atoms with E-state index in [4.69, 9.17) is 9.84 Å². The summed E-state index contributed by atoms with van der Waals surface area (Å²) >= 11 is 0. The highest BCUT2D eigenvalue weighted by Gasteiger charge is 2.28. The van der Waals surface area contributed by atoms with E-state index in [-0.39, 0.29) is 31.3 Å². The smallest absolute Gasteiger partial charge is 0.334 e. The maximum atomic E-state index is 13.4. The number of carboxylic acid groups (broad SMARTS) is 1. The van der Waals surface area contributed by atoms with Crippen LogP contribution in [0.25, 0.3) is 0 Å². The number of rotatable bonds is 4. The van der Waals surface area contributed by atoms with Crippen molar-refractivity contribution in [1.82, 2.24) is 4.90 Å². The number of aryl methyl sites for hydroxylation is 1. The average Bonchev–Trinajstić information content (AvgIpc) is 2.46. The molecule has 1 N–H and O–H groups in total. The minimum absolute atomic E-state index is 0.0471. The van der Waals surface area contributed by atoms with Gasteiger partial charge in [0.05, 0.1) is 13.2 Å². The van der Waals surface area contributed by atoms with Crippen molar-refractivity contribution in [2.75, 3.05) is 19.7 Å². The van der Waals surface area contributed by atoms with Crippen molar-refractivity contribution in [2.45, 2.75) is 18.9 Å². The molecule has 1 aromatic rings. The van der Waals surface area contributed by atoms with Crippen LogP contribution in [0, 0.1) is 5.82 Å². The molecule has 20 heavy (non-hydrogen) atoms. The van der Waals surface area contributed by atoms with Crippen LogP contribution in [-0.2, 0) is 20.7 Å². The molecular formula is C14H16FNO4. The Labute approximate surface area is 116 Å². The van der Waals surface area contributed by atoms with Gasteiger partial charge in [-0.3, -0.25) is 4.79 Å². The lowest BCUT2D eigenvalue weighted by Crippen LogP contribution is -2.48. The highest BCUT2D eigenvalue weighted by molar-refractivity contribution is 5.78. The standard InChI is InChI=1S/C14H16FNO4/c15-11-4-2-1-3-10(11)5-6-13(17)16-7-8-20-12(9-16)14(18)19/h1-4,12H,5-9H2,(H,18,19)/t12-/m1/s1. The fourth-order valence-electron chi connectivity index (χ4n) is 2.13. The van der Waals surface area contributed by atoms with Crippen LogP contribution in [-0.4, -0.2) is 47.7 Å². The lowest BCUT2D eigenvalue weighted by molar-refractivity contribution is -0.159. The van der Waals surface area contributed by atoms with Crippen LogP contribution in [0.2, 0.25) is 0 Å². The van der Waals surface area contributed by atoms with Crippen molar-refractivity contribution < 1.29 is 23.8 Å². The monoisotopic (exact) mass is 281 g/mol. The number of amides is 1. The van der Waals surface area contributed by atoms with Gasteiger partial charge in [0.2, 0.25) is 5.91 Å². The van der Waals surface area contributed by atoms with Crippen LogP contribution in [0.3, 0.4) is 0 Å². The molecule has 0 aromatic heterocycles. The van der Waals surface area contributed by atoms with E-state index in [0.29, 0.717) is 18.5 Å². The van der Waals surface area contributed by atoms with Crippen molar-refractivity contribution in [3.63, 3.8) is 0 Å². The number of hydrogen-bond donors (Lipinski definition) is 1. The van der Waals surface area contributed by atoms with Gasteiger partial charge in [0.15, 0.2) is 6.10 Å². The number of nitrogens with zero attached hydrogens (tertiary/aromatic N) is 1. The number of hydrogen-bond acceptors (Lipinski definition) is 3. The number of aliphatic carboxylic acids is 1. The predicted molar refractivity (Wildman–Crippen MR) is 68.7 cm³/mol. The normalized spacial score (nSPS) is 18.9. The summed E-state index contributed by atoms with van der Waals surface area (Å²) in [4.78, 5) is 24.3. The van der Waals surface area contributed by atoms with Crippen molar-refractivity contribution in [3.05, 3.63) is 35.6 Å². The topological polar surface area (TPSA) is 66.8 Å². The zero-order valence-corrected chi connectivity index (χ0v) is 10.9. The van der Waals surface area contributed by atoms with Gasteiger partial charge in [-0.2, -0.15) is 0 Å². The van der Waals surface area contributed by atoms with Crippen molar-refractivity contribution in [1.29, 1.82) is 0 Å². The van der Waals surface area contributed by atoms with E-state index in [2.05, 4.69) is 0 Å². The van der Waals surface area contributed by atoms with E-state index >= 15 is 0 Å². The summed E-state index contributed by atoms with van der Waals surface area (Å²) in [7, 11) is 0. The first-order valence-electron chi connectivity index (χ1n) is 6.43. The van der Waals surface area contributed by atoms with Gasteiger partial charge in [0.25, 0.3) is 0 Å². The van der Waals surface area contributed by atoms with Gasteiger partial charge >= 0.3 is 5.97 Å². The minimum atomic E-state index is -1.07. The maximum absolute atomic E-state index is 13.4. The third kappa shape index (κ3) is 3.54. The molecule has 1 aliphatic heterocycles. The van der Waals surface area contributed by atoms with Crippen LogP contribution >= 0.6 is 0 Å². The van der Waals surface area contributed by atoms with E-state index in [1.807, 2.05) is 0 Å². The molecule has 1 aromatic carbocycles. The van der Waals surface area contributed by atoms with Crippen LogP contribution in [0.5, 0.6) is 0 Å². The summed E-state index contributed by atoms with van der Waals surface area (Å²) in [6.07, 6.45) is -0.505. The fourth-order valence-corrected chi connectivity index (χ4v) is 2.13. The molecule has 0 unspecified atom stereocenters. The van der Waals surface area contributed by atoms with E-state index in [0.717, 1.165) is 0 Å². The average molecular weight is 281 g/mol. The first kappa shape index (κ1) is 14.5. The Morgan fingerprint density at radius 2 is 2.15 bits per heavy atom. The van der Waals surface area contributed by atoms with Crippen LogP contribution in [0.4, 0.5) is 4.39 Å².